The highest BCUT2D eigenvalue weighted by Crippen LogP contribution is 2.18. The highest BCUT2D eigenvalue weighted by atomic mass is 19.1. The summed E-state index contributed by atoms with van der Waals surface area (Å²) < 4.78 is 19.6. The number of nitrogens with one attached hydrogen (secondary N) is 2. The van der Waals surface area contributed by atoms with Crippen LogP contribution in [0.3, 0.4) is 0 Å². The van der Waals surface area contributed by atoms with Crippen LogP contribution in [0.1, 0.15) is 32.8 Å². The van der Waals surface area contributed by atoms with Gasteiger partial charge in [-0.3, -0.25) is 0 Å². The molecule has 1 aromatic rings. The van der Waals surface area contributed by atoms with Gasteiger partial charge in [-0.1, -0.05) is 0 Å². The lowest BCUT2D eigenvalue weighted by molar-refractivity contribution is 0.187. The maximum absolute atomic E-state index is 14.3. The summed E-state index contributed by atoms with van der Waals surface area (Å²) in [5, 5.41) is 6.39. The predicted octanol–water partition coefficient (Wildman–Crippen LogP) is 2.56. The van der Waals surface area contributed by atoms with Crippen molar-refractivity contribution in [3.8, 4) is 0 Å². The minimum Gasteiger partial charge on any atom is -0.381 e. The van der Waals surface area contributed by atoms with Crippen LogP contribution in [0.4, 0.5) is 10.2 Å². The fourth-order valence-corrected chi connectivity index (χ4v) is 2.09. The van der Waals surface area contributed by atoms with Gasteiger partial charge in [0, 0.05) is 42.9 Å². The highest BCUT2D eigenvalue weighted by Gasteiger charge is 2.17. The first-order valence-corrected chi connectivity index (χ1v) is 7.16. The van der Waals surface area contributed by atoms with E-state index in [9.17, 15) is 4.39 Å². The lowest BCUT2D eigenvalue weighted by atomic mass is 10.1. The SMILES string of the molecule is CC(C)(C)NCc1ccnc(NCC2CCOC2)c1F. The number of ether oxygens (including phenoxy) is 1. The van der Waals surface area contributed by atoms with Crippen molar-refractivity contribution in [2.45, 2.75) is 39.3 Å². The van der Waals surface area contributed by atoms with Crippen LogP contribution in [0.5, 0.6) is 0 Å². The fraction of sp³-hybridized carbons (Fsp3) is 0.667. The molecule has 20 heavy (non-hydrogen) atoms. The van der Waals surface area contributed by atoms with Crippen LogP contribution >= 0.6 is 0 Å². The Balaban J connectivity index is 1.95. The van der Waals surface area contributed by atoms with E-state index in [0.29, 0.717) is 30.4 Å². The van der Waals surface area contributed by atoms with E-state index in [0.717, 1.165) is 19.6 Å². The molecule has 1 unspecified atom stereocenters. The predicted molar refractivity (Wildman–Crippen MR) is 78.2 cm³/mol. The number of halogens is 1. The Bertz CT molecular complexity index is 439. The molecule has 2 N–H and O–H groups in total. The third-order valence-electron chi connectivity index (χ3n) is 3.36. The van der Waals surface area contributed by atoms with Gasteiger partial charge in [-0.05, 0) is 33.3 Å². The summed E-state index contributed by atoms with van der Waals surface area (Å²) in [6, 6.07) is 1.72. The van der Waals surface area contributed by atoms with Gasteiger partial charge in [-0.15, -0.1) is 0 Å². The molecule has 2 heterocycles. The van der Waals surface area contributed by atoms with Gasteiger partial charge >= 0.3 is 0 Å². The summed E-state index contributed by atoms with van der Waals surface area (Å²) in [5.74, 6) is 0.529. The molecule has 1 atom stereocenters. The Hall–Kier alpha value is -1.20. The summed E-state index contributed by atoms with van der Waals surface area (Å²) in [6.07, 6.45) is 2.68. The van der Waals surface area contributed by atoms with Crippen LogP contribution < -0.4 is 10.6 Å². The van der Waals surface area contributed by atoms with Crippen molar-refractivity contribution in [2.75, 3.05) is 25.1 Å². The Labute approximate surface area is 120 Å². The zero-order valence-electron chi connectivity index (χ0n) is 12.5. The van der Waals surface area contributed by atoms with Gasteiger partial charge < -0.3 is 15.4 Å². The smallest absolute Gasteiger partial charge is 0.169 e. The first-order chi connectivity index (χ1) is 9.46. The Morgan fingerprint density at radius 2 is 2.25 bits per heavy atom. The highest BCUT2D eigenvalue weighted by molar-refractivity contribution is 5.40. The summed E-state index contributed by atoms with van der Waals surface area (Å²) in [5.41, 5.74) is 0.602. The molecular formula is C15H24FN3O. The molecule has 1 aliphatic heterocycles. The van der Waals surface area contributed by atoms with Gasteiger partial charge in [0.05, 0.1) is 6.61 Å². The van der Waals surface area contributed by atoms with Crippen molar-refractivity contribution in [3.63, 3.8) is 0 Å². The molecule has 1 aliphatic rings. The van der Waals surface area contributed by atoms with Crippen molar-refractivity contribution in [2.24, 2.45) is 5.92 Å². The number of pyridine rings is 1. The number of hydrogen-bond donors (Lipinski definition) is 2. The molecule has 1 fully saturated rings. The number of nitrogens with zero attached hydrogens (tertiary/aromatic N) is 1. The quantitative estimate of drug-likeness (QED) is 0.871. The molecule has 4 nitrogen and oxygen atoms in total. The second-order valence-electron chi connectivity index (χ2n) is 6.35. The average molecular weight is 281 g/mol. The van der Waals surface area contributed by atoms with Gasteiger partial charge in [0.2, 0.25) is 0 Å². The lowest BCUT2D eigenvalue weighted by Crippen LogP contribution is -2.35. The van der Waals surface area contributed by atoms with Crippen molar-refractivity contribution in [3.05, 3.63) is 23.6 Å². The zero-order valence-corrected chi connectivity index (χ0v) is 12.5. The maximum Gasteiger partial charge on any atom is 0.169 e. The molecule has 0 aliphatic carbocycles. The number of anilines is 1. The van der Waals surface area contributed by atoms with Gasteiger partial charge in [0.1, 0.15) is 0 Å². The van der Waals surface area contributed by atoms with E-state index in [1.54, 1.807) is 12.3 Å². The van der Waals surface area contributed by atoms with Crippen LogP contribution in [0.25, 0.3) is 0 Å². The van der Waals surface area contributed by atoms with Crippen molar-refractivity contribution < 1.29 is 9.13 Å². The summed E-state index contributed by atoms with van der Waals surface area (Å²) in [7, 11) is 0. The Morgan fingerprint density at radius 3 is 2.90 bits per heavy atom. The van der Waals surface area contributed by atoms with Crippen molar-refractivity contribution >= 4 is 5.82 Å². The molecule has 1 aromatic heterocycles. The van der Waals surface area contributed by atoms with E-state index in [1.165, 1.54) is 0 Å². The minimum absolute atomic E-state index is 0.0372. The molecule has 0 amide bonds. The minimum atomic E-state index is -0.261. The second-order valence-corrected chi connectivity index (χ2v) is 6.35. The van der Waals surface area contributed by atoms with Gasteiger partial charge in [-0.2, -0.15) is 0 Å². The standard InChI is InChI=1S/C15H24FN3O/c1-15(2,3)19-9-12-4-6-17-14(13(12)16)18-8-11-5-7-20-10-11/h4,6,11,19H,5,7-10H2,1-3H3,(H,17,18). The van der Waals surface area contributed by atoms with Gasteiger partial charge in [-0.25, -0.2) is 9.37 Å². The molecule has 0 spiro atoms. The Morgan fingerprint density at radius 1 is 1.45 bits per heavy atom. The largest absolute Gasteiger partial charge is 0.381 e. The molecule has 112 valence electrons. The normalized spacial score (nSPS) is 19.3. The molecule has 0 bridgehead atoms. The van der Waals surface area contributed by atoms with Gasteiger partial charge in [0.25, 0.3) is 0 Å². The molecule has 0 saturated carbocycles. The summed E-state index contributed by atoms with van der Waals surface area (Å²) in [4.78, 5) is 4.09. The van der Waals surface area contributed by atoms with E-state index in [4.69, 9.17) is 4.74 Å². The van der Waals surface area contributed by atoms with Crippen LogP contribution in [-0.4, -0.2) is 30.3 Å². The molecule has 0 radical (unpaired) electrons. The first kappa shape index (κ1) is 15.2. The van der Waals surface area contributed by atoms with Gasteiger partial charge in [0.15, 0.2) is 11.6 Å². The average Bonchev–Trinajstić information content (AvgIpc) is 2.88. The monoisotopic (exact) mass is 281 g/mol. The third-order valence-corrected chi connectivity index (χ3v) is 3.36. The maximum atomic E-state index is 14.3. The van der Waals surface area contributed by atoms with Crippen molar-refractivity contribution in [1.29, 1.82) is 0 Å². The van der Waals surface area contributed by atoms with Crippen LogP contribution in [0.2, 0.25) is 0 Å². The van der Waals surface area contributed by atoms with E-state index in [2.05, 4.69) is 36.4 Å². The van der Waals surface area contributed by atoms with Crippen LogP contribution in [-0.2, 0) is 11.3 Å². The molecule has 2 rings (SSSR count). The lowest BCUT2D eigenvalue weighted by Gasteiger charge is -2.21. The first-order valence-electron chi connectivity index (χ1n) is 7.16. The number of hydrogen-bond acceptors (Lipinski definition) is 4. The number of aromatic nitrogens is 1. The molecular weight excluding hydrogens is 257 g/mol. The van der Waals surface area contributed by atoms with E-state index in [-0.39, 0.29) is 11.4 Å². The zero-order chi connectivity index (χ0) is 14.6. The van der Waals surface area contributed by atoms with E-state index >= 15 is 0 Å². The fourth-order valence-electron chi connectivity index (χ4n) is 2.09. The topological polar surface area (TPSA) is 46.2 Å². The Kier molecular flexibility index (Phi) is 4.94. The number of rotatable bonds is 5. The molecule has 1 saturated heterocycles. The van der Waals surface area contributed by atoms with Crippen molar-refractivity contribution in [1.82, 2.24) is 10.3 Å². The molecule has 5 heteroatoms. The summed E-state index contributed by atoms with van der Waals surface area (Å²) in [6.45, 7) is 8.94. The van der Waals surface area contributed by atoms with E-state index in [1.807, 2.05) is 0 Å². The van der Waals surface area contributed by atoms with Crippen LogP contribution in [0.15, 0.2) is 12.3 Å². The summed E-state index contributed by atoms with van der Waals surface area (Å²) >= 11 is 0. The molecule has 0 aromatic carbocycles. The van der Waals surface area contributed by atoms with E-state index < -0.39 is 0 Å². The van der Waals surface area contributed by atoms with Crippen LogP contribution in [0, 0.1) is 11.7 Å². The second kappa shape index (κ2) is 6.50. The third kappa shape index (κ3) is 4.42.